The minimum Gasteiger partial charge on any atom is -0.491 e. The molecule has 5 nitrogen and oxygen atoms in total. The fraction of sp³-hybridized carbons (Fsp3) is 0.316. The molecule has 1 aliphatic heterocycles. The lowest BCUT2D eigenvalue weighted by Gasteiger charge is -2.13. The summed E-state index contributed by atoms with van der Waals surface area (Å²) in [6, 6.07) is 15.1. The van der Waals surface area contributed by atoms with Crippen molar-refractivity contribution < 1.29 is 14.3 Å². The molecule has 1 unspecified atom stereocenters. The summed E-state index contributed by atoms with van der Waals surface area (Å²) >= 11 is 3.41. The van der Waals surface area contributed by atoms with E-state index in [-0.39, 0.29) is 18.6 Å². The van der Waals surface area contributed by atoms with Crippen LogP contribution in [0.2, 0.25) is 0 Å². The van der Waals surface area contributed by atoms with Gasteiger partial charge in [-0.05, 0) is 53.0 Å². The number of hydrogen-bond acceptors (Lipinski definition) is 4. The summed E-state index contributed by atoms with van der Waals surface area (Å²) in [7, 11) is 0. The van der Waals surface area contributed by atoms with Gasteiger partial charge in [0, 0.05) is 22.8 Å². The second-order valence-electron chi connectivity index (χ2n) is 5.86. The largest absolute Gasteiger partial charge is 0.491 e. The molecular formula is C19H21BrN2O3. The number of carbonyl (C=O) groups is 1. The molecule has 1 fully saturated rings. The molecule has 0 saturated carbocycles. The zero-order valence-corrected chi connectivity index (χ0v) is 15.4. The van der Waals surface area contributed by atoms with Crippen LogP contribution in [-0.2, 0) is 9.53 Å². The third kappa shape index (κ3) is 5.47. The van der Waals surface area contributed by atoms with E-state index in [1.54, 1.807) is 0 Å². The van der Waals surface area contributed by atoms with Crippen molar-refractivity contribution in [1.29, 1.82) is 0 Å². The molecule has 2 aromatic carbocycles. The van der Waals surface area contributed by atoms with Crippen molar-refractivity contribution >= 4 is 33.2 Å². The first-order valence-electron chi connectivity index (χ1n) is 8.33. The van der Waals surface area contributed by atoms with Gasteiger partial charge in [-0.25, -0.2) is 0 Å². The van der Waals surface area contributed by atoms with Gasteiger partial charge >= 0.3 is 0 Å². The van der Waals surface area contributed by atoms with Crippen LogP contribution in [0, 0.1) is 0 Å². The normalized spacial score (nSPS) is 16.4. The van der Waals surface area contributed by atoms with E-state index in [1.165, 1.54) is 0 Å². The molecule has 1 saturated heterocycles. The molecular weight excluding hydrogens is 384 g/mol. The van der Waals surface area contributed by atoms with Gasteiger partial charge in [0.1, 0.15) is 12.4 Å². The van der Waals surface area contributed by atoms with E-state index in [9.17, 15) is 4.79 Å². The number of carbonyl (C=O) groups excluding carboxylic acids is 1. The van der Waals surface area contributed by atoms with Crippen LogP contribution in [0.25, 0.3) is 0 Å². The van der Waals surface area contributed by atoms with Crippen LogP contribution < -0.4 is 15.4 Å². The average Bonchev–Trinajstić information content (AvgIpc) is 3.14. The summed E-state index contributed by atoms with van der Waals surface area (Å²) < 4.78 is 12.2. The number of hydrogen-bond donors (Lipinski definition) is 2. The van der Waals surface area contributed by atoms with E-state index < -0.39 is 0 Å². The summed E-state index contributed by atoms with van der Waals surface area (Å²) in [6.45, 7) is 1.56. The Kier molecular flexibility index (Phi) is 6.30. The predicted molar refractivity (Wildman–Crippen MR) is 102 cm³/mol. The molecule has 0 radical (unpaired) electrons. The molecule has 6 heteroatoms. The number of benzene rings is 2. The lowest BCUT2D eigenvalue weighted by molar-refractivity contribution is -0.114. The van der Waals surface area contributed by atoms with Gasteiger partial charge in [0.05, 0.1) is 18.3 Å². The van der Waals surface area contributed by atoms with Gasteiger partial charge in [0.2, 0.25) is 5.91 Å². The molecule has 132 valence electrons. The van der Waals surface area contributed by atoms with E-state index in [1.807, 2.05) is 48.5 Å². The maximum Gasteiger partial charge on any atom is 0.243 e. The van der Waals surface area contributed by atoms with Gasteiger partial charge in [0.25, 0.3) is 0 Å². The summed E-state index contributed by atoms with van der Waals surface area (Å²) in [5.41, 5.74) is 1.59. The highest BCUT2D eigenvalue weighted by atomic mass is 79.9. The van der Waals surface area contributed by atoms with Gasteiger partial charge in [-0.15, -0.1) is 0 Å². The number of halogens is 1. The Morgan fingerprint density at radius 3 is 2.92 bits per heavy atom. The van der Waals surface area contributed by atoms with Crippen LogP contribution in [0.5, 0.6) is 5.75 Å². The highest BCUT2D eigenvalue weighted by molar-refractivity contribution is 9.10. The van der Waals surface area contributed by atoms with Crippen molar-refractivity contribution in [3.05, 3.63) is 53.0 Å². The third-order valence-corrected chi connectivity index (χ3v) is 4.59. The first kappa shape index (κ1) is 17.8. The molecule has 0 aliphatic carbocycles. The molecule has 1 heterocycles. The van der Waals surface area contributed by atoms with E-state index in [2.05, 4.69) is 26.6 Å². The van der Waals surface area contributed by atoms with Gasteiger partial charge in [-0.1, -0.05) is 18.2 Å². The third-order valence-electron chi connectivity index (χ3n) is 3.89. The zero-order valence-electron chi connectivity index (χ0n) is 13.8. The smallest absolute Gasteiger partial charge is 0.243 e. The van der Waals surface area contributed by atoms with Crippen LogP contribution in [0.15, 0.2) is 53.0 Å². The Labute approximate surface area is 155 Å². The standard InChI is InChI=1S/C19H21BrN2O3/c20-17-8-1-2-9-18(17)22-19(23)12-21-14-5-3-6-15(11-14)25-13-16-7-4-10-24-16/h1-3,5-6,8-9,11,16,21H,4,7,10,12-13H2,(H,22,23). The highest BCUT2D eigenvalue weighted by Crippen LogP contribution is 2.22. The van der Waals surface area contributed by atoms with E-state index >= 15 is 0 Å². The van der Waals surface area contributed by atoms with Gasteiger partial charge < -0.3 is 20.1 Å². The van der Waals surface area contributed by atoms with Crippen molar-refractivity contribution in [2.75, 3.05) is 30.4 Å². The number of nitrogens with one attached hydrogen (secondary N) is 2. The highest BCUT2D eigenvalue weighted by Gasteiger charge is 2.16. The molecule has 0 aromatic heterocycles. The molecule has 25 heavy (non-hydrogen) atoms. The topological polar surface area (TPSA) is 59.6 Å². The lowest BCUT2D eigenvalue weighted by atomic mass is 10.2. The van der Waals surface area contributed by atoms with Crippen LogP contribution in [0.1, 0.15) is 12.8 Å². The van der Waals surface area contributed by atoms with E-state index in [0.717, 1.165) is 41.0 Å². The fourth-order valence-corrected chi connectivity index (χ4v) is 2.98. The zero-order chi connectivity index (χ0) is 17.5. The average molecular weight is 405 g/mol. The summed E-state index contributed by atoms with van der Waals surface area (Å²) in [5, 5.41) is 5.98. The van der Waals surface area contributed by atoms with Crippen molar-refractivity contribution in [3.8, 4) is 5.75 Å². The molecule has 2 aromatic rings. The Hall–Kier alpha value is -2.05. The molecule has 3 rings (SSSR count). The van der Waals surface area contributed by atoms with Crippen molar-refractivity contribution in [2.45, 2.75) is 18.9 Å². The van der Waals surface area contributed by atoms with Crippen LogP contribution in [-0.4, -0.2) is 31.8 Å². The van der Waals surface area contributed by atoms with Crippen LogP contribution >= 0.6 is 15.9 Å². The quantitative estimate of drug-likeness (QED) is 0.730. The maximum absolute atomic E-state index is 12.1. The number of ether oxygens (including phenoxy) is 2. The SMILES string of the molecule is O=C(CNc1cccc(OCC2CCCO2)c1)Nc1ccccc1Br. The molecule has 1 atom stereocenters. The molecule has 0 bridgehead atoms. The number of anilines is 2. The monoisotopic (exact) mass is 404 g/mol. The van der Waals surface area contributed by atoms with Crippen molar-refractivity contribution in [3.63, 3.8) is 0 Å². The Bertz CT molecular complexity index is 717. The second kappa shape index (κ2) is 8.87. The Morgan fingerprint density at radius 1 is 1.24 bits per heavy atom. The summed E-state index contributed by atoms with van der Waals surface area (Å²) in [5.74, 6) is 0.657. The maximum atomic E-state index is 12.1. The fourth-order valence-electron chi connectivity index (χ4n) is 2.60. The van der Waals surface area contributed by atoms with Gasteiger partial charge in [-0.3, -0.25) is 4.79 Å². The number of amides is 1. The first-order chi connectivity index (χ1) is 12.2. The number of para-hydroxylation sites is 1. The van der Waals surface area contributed by atoms with Gasteiger partial charge in [-0.2, -0.15) is 0 Å². The Balaban J connectivity index is 1.48. The van der Waals surface area contributed by atoms with E-state index in [4.69, 9.17) is 9.47 Å². The Morgan fingerprint density at radius 2 is 2.12 bits per heavy atom. The van der Waals surface area contributed by atoms with Crippen molar-refractivity contribution in [1.82, 2.24) is 0 Å². The molecule has 0 spiro atoms. The molecule has 2 N–H and O–H groups in total. The molecule has 1 amide bonds. The van der Waals surface area contributed by atoms with Gasteiger partial charge in [0.15, 0.2) is 0 Å². The first-order valence-corrected chi connectivity index (χ1v) is 9.13. The van der Waals surface area contributed by atoms with Crippen molar-refractivity contribution in [2.24, 2.45) is 0 Å². The second-order valence-corrected chi connectivity index (χ2v) is 6.71. The van der Waals surface area contributed by atoms with Crippen LogP contribution in [0.4, 0.5) is 11.4 Å². The number of rotatable bonds is 7. The van der Waals surface area contributed by atoms with E-state index in [0.29, 0.717) is 6.61 Å². The lowest BCUT2D eigenvalue weighted by Crippen LogP contribution is -2.22. The minimum atomic E-state index is -0.113. The molecule has 1 aliphatic rings. The predicted octanol–water partition coefficient (Wildman–Crippen LogP) is 4.06. The van der Waals surface area contributed by atoms with Crippen LogP contribution in [0.3, 0.4) is 0 Å². The summed E-state index contributed by atoms with van der Waals surface area (Å²) in [6.07, 6.45) is 2.34. The summed E-state index contributed by atoms with van der Waals surface area (Å²) in [4.78, 5) is 12.1. The minimum absolute atomic E-state index is 0.113.